The van der Waals surface area contributed by atoms with Gasteiger partial charge >= 0.3 is 0 Å². The molecule has 0 saturated heterocycles. The standard InChI is InChI=1S/C20H20ClN3OS2/c1-11-14(21)7-5-8-15(11)24-17(25)10-26-19-18-13-6-3-4-9-16(13)27-20(18)23-12(2)22-19/h5,7-8H,3-4,6,9-10H2,1-2H3,(H,24,25). The lowest BCUT2D eigenvalue weighted by Gasteiger charge is -2.12. The van der Waals surface area contributed by atoms with Crippen molar-refractivity contribution in [2.45, 2.75) is 44.6 Å². The number of aryl methyl sites for hydroxylation is 3. The highest BCUT2D eigenvalue weighted by atomic mass is 35.5. The van der Waals surface area contributed by atoms with E-state index in [0.717, 1.165) is 45.2 Å². The molecule has 1 aliphatic carbocycles. The Morgan fingerprint density at radius 2 is 2.07 bits per heavy atom. The Labute approximate surface area is 171 Å². The van der Waals surface area contributed by atoms with Crippen LogP contribution in [0.3, 0.4) is 0 Å². The summed E-state index contributed by atoms with van der Waals surface area (Å²) in [6, 6.07) is 5.53. The van der Waals surface area contributed by atoms with Crippen LogP contribution in [0.1, 0.15) is 34.7 Å². The van der Waals surface area contributed by atoms with Gasteiger partial charge in [-0.15, -0.1) is 11.3 Å². The highest BCUT2D eigenvalue weighted by molar-refractivity contribution is 8.00. The molecule has 0 unspecified atom stereocenters. The van der Waals surface area contributed by atoms with E-state index in [1.807, 2.05) is 32.0 Å². The van der Waals surface area contributed by atoms with Gasteiger partial charge in [-0.3, -0.25) is 4.79 Å². The number of nitrogens with zero attached hydrogens (tertiary/aromatic N) is 2. The Morgan fingerprint density at radius 3 is 2.93 bits per heavy atom. The van der Waals surface area contributed by atoms with E-state index in [1.54, 1.807) is 11.3 Å². The molecular weight excluding hydrogens is 398 g/mol. The number of carbonyl (C=O) groups is 1. The van der Waals surface area contributed by atoms with Crippen molar-refractivity contribution in [3.63, 3.8) is 0 Å². The maximum Gasteiger partial charge on any atom is 0.234 e. The molecule has 2 aromatic heterocycles. The van der Waals surface area contributed by atoms with Crippen molar-refractivity contribution in [3.05, 3.63) is 45.1 Å². The largest absolute Gasteiger partial charge is 0.325 e. The number of benzene rings is 1. The maximum atomic E-state index is 12.5. The van der Waals surface area contributed by atoms with Crippen LogP contribution in [0, 0.1) is 13.8 Å². The molecule has 4 nitrogen and oxygen atoms in total. The topological polar surface area (TPSA) is 54.9 Å². The number of hydrogen-bond donors (Lipinski definition) is 1. The van der Waals surface area contributed by atoms with Gasteiger partial charge in [0.2, 0.25) is 5.91 Å². The van der Waals surface area contributed by atoms with E-state index in [4.69, 9.17) is 11.6 Å². The zero-order valence-corrected chi connectivity index (χ0v) is 17.7. The third-order valence-electron chi connectivity index (χ3n) is 4.78. The lowest BCUT2D eigenvalue weighted by atomic mass is 9.97. The zero-order valence-electron chi connectivity index (χ0n) is 15.3. The second-order valence-electron chi connectivity index (χ2n) is 6.72. The maximum absolute atomic E-state index is 12.5. The Bertz CT molecular complexity index is 1030. The molecule has 1 N–H and O–H groups in total. The number of halogens is 1. The lowest BCUT2D eigenvalue weighted by molar-refractivity contribution is -0.113. The van der Waals surface area contributed by atoms with Gasteiger partial charge < -0.3 is 5.32 Å². The van der Waals surface area contributed by atoms with Gasteiger partial charge in [-0.2, -0.15) is 0 Å². The number of carbonyl (C=O) groups excluding carboxylic acids is 1. The van der Waals surface area contributed by atoms with Crippen molar-refractivity contribution >= 4 is 56.5 Å². The first-order chi connectivity index (χ1) is 13.0. The number of thiophene rings is 1. The Morgan fingerprint density at radius 1 is 1.26 bits per heavy atom. The fourth-order valence-electron chi connectivity index (χ4n) is 3.39. The molecule has 7 heteroatoms. The van der Waals surface area contributed by atoms with Crippen LogP contribution in [0.15, 0.2) is 23.2 Å². The first-order valence-corrected chi connectivity index (χ1v) is 11.2. The minimum atomic E-state index is -0.0566. The van der Waals surface area contributed by atoms with Gasteiger partial charge in [0.1, 0.15) is 15.7 Å². The highest BCUT2D eigenvalue weighted by Gasteiger charge is 2.21. The highest BCUT2D eigenvalue weighted by Crippen LogP contribution is 2.39. The molecule has 0 aliphatic heterocycles. The average molecular weight is 418 g/mol. The number of hydrogen-bond acceptors (Lipinski definition) is 5. The molecule has 1 aliphatic rings. The molecule has 3 aromatic rings. The third-order valence-corrected chi connectivity index (χ3v) is 7.35. The summed E-state index contributed by atoms with van der Waals surface area (Å²) < 4.78 is 0. The second-order valence-corrected chi connectivity index (χ2v) is 9.17. The number of amides is 1. The number of thioether (sulfide) groups is 1. The summed E-state index contributed by atoms with van der Waals surface area (Å²) in [7, 11) is 0. The summed E-state index contributed by atoms with van der Waals surface area (Å²) in [5.74, 6) is 1.01. The van der Waals surface area contributed by atoms with E-state index in [2.05, 4.69) is 15.3 Å². The summed E-state index contributed by atoms with van der Waals surface area (Å²) in [4.78, 5) is 24.3. The van der Waals surface area contributed by atoms with Gasteiger partial charge in [-0.1, -0.05) is 29.4 Å². The zero-order chi connectivity index (χ0) is 19.0. The molecule has 0 saturated carbocycles. The number of anilines is 1. The van der Waals surface area contributed by atoms with Crippen molar-refractivity contribution in [3.8, 4) is 0 Å². The first-order valence-electron chi connectivity index (χ1n) is 8.99. The van der Waals surface area contributed by atoms with E-state index in [0.29, 0.717) is 10.8 Å². The molecule has 0 atom stereocenters. The van der Waals surface area contributed by atoms with Gasteiger partial charge in [0.05, 0.1) is 5.75 Å². The van der Waals surface area contributed by atoms with E-state index in [-0.39, 0.29) is 5.91 Å². The molecule has 4 rings (SSSR count). The van der Waals surface area contributed by atoms with Gasteiger partial charge in [0, 0.05) is 21.0 Å². The smallest absolute Gasteiger partial charge is 0.234 e. The number of fused-ring (bicyclic) bond motifs is 3. The molecule has 0 bridgehead atoms. The van der Waals surface area contributed by atoms with E-state index in [1.165, 1.54) is 35.0 Å². The molecular formula is C20H20ClN3OS2. The number of aromatic nitrogens is 2. The molecule has 0 spiro atoms. The fraction of sp³-hybridized carbons (Fsp3) is 0.350. The van der Waals surface area contributed by atoms with Gasteiger partial charge in [-0.25, -0.2) is 9.97 Å². The Hall–Kier alpha value is -1.63. The summed E-state index contributed by atoms with van der Waals surface area (Å²) in [6.07, 6.45) is 4.68. The van der Waals surface area contributed by atoms with Gasteiger partial charge in [0.15, 0.2) is 0 Å². The number of nitrogens with one attached hydrogen (secondary N) is 1. The first kappa shape index (κ1) is 18.7. The monoisotopic (exact) mass is 417 g/mol. The molecule has 1 amide bonds. The minimum absolute atomic E-state index is 0.0566. The minimum Gasteiger partial charge on any atom is -0.325 e. The Kier molecular flexibility index (Phi) is 5.39. The second kappa shape index (κ2) is 7.78. The van der Waals surface area contributed by atoms with Gasteiger partial charge in [-0.05, 0) is 62.8 Å². The molecule has 27 heavy (non-hydrogen) atoms. The van der Waals surface area contributed by atoms with Crippen LogP contribution in [0.4, 0.5) is 5.69 Å². The predicted molar refractivity (Wildman–Crippen MR) is 114 cm³/mol. The quantitative estimate of drug-likeness (QED) is 0.445. The van der Waals surface area contributed by atoms with Crippen molar-refractivity contribution in [2.75, 3.05) is 11.1 Å². The van der Waals surface area contributed by atoms with Crippen LogP contribution in [-0.2, 0) is 17.6 Å². The van der Waals surface area contributed by atoms with Crippen LogP contribution in [0.25, 0.3) is 10.2 Å². The van der Waals surface area contributed by atoms with Gasteiger partial charge in [0.25, 0.3) is 0 Å². The Balaban J connectivity index is 1.56. The van der Waals surface area contributed by atoms with Crippen LogP contribution in [0.2, 0.25) is 5.02 Å². The van der Waals surface area contributed by atoms with Crippen molar-refractivity contribution in [2.24, 2.45) is 0 Å². The summed E-state index contributed by atoms with van der Waals surface area (Å²) in [5.41, 5.74) is 3.03. The fourth-order valence-corrected chi connectivity index (χ4v) is 5.84. The van der Waals surface area contributed by atoms with Crippen LogP contribution >= 0.6 is 34.7 Å². The van der Waals surface area contributed by atoms with Crippen LogP contribution < -0.4 is 5.32 Å². The van der Waals surface area contributed by atoms with Crippen molar-refractivity contribution in [1.82, 2.24) is 9.97 Å². The van der Waals surface area contributed by atoms with Crippen molar-refractivity contribution in [1.29, 1.82) is 0 Å². The molecule has 1 aromatic carbocycles. The lowest BCUT2D eigenvalue weighted by Crippen LogP contribution is -2.15. The molecule has 140 valence electrons. The summed E-state index contributed by atoms with van der Waals surface area (Å²) in [6.45, 7) is 3.82. The molecule has 0 radical (unpaired) electrons. The molecule has 0 fully saturated rings. The average Bonchev–Trinajstić information content (AvgIpc) is 3.01. The van der Waals surface area contributed by atoms with Crippen LogP contribution in [0.5, 0.6) is 0 Å². The summed E-state index contributed by atoms with van der Waals surface area (Å²) >= 11 is 9.41. The van der Waals surface area contributed by atoms with E-state index in [9.17, 15) is 4.79 Å². The SMILES string of the molecule is Cc1nc(SCC(=O)Nc2cccc(Cl)c2C)c2c3c(sc2n1)CCCC3. The number of rotatable bonds is 4. The van der Waals surface area contributed by atoms with Crippen LogP contribution in [-0.4, -0.2) is 21.6 Å². The predicted octanol–water partition coefficient (Wildman–Crippen LogP) is 5.57. The summed E-state index contributed by atoms with van der Waals surface area (Å²) in [5, 5.41) is 5.70. The van der Waals surface area contributed by atoms with E-state index < -0.39 is 0 Å². The van der Waals surface area contributed by atoms with E-state index >= 15 is 0 Å². The third kappa shape index (κ3) is 3.84. The van der Waals surface area contributed by atoms with Crippen molar-refractivity contribution < 1.29 is 4.79 Å². The normalized spacial score (nSPS) is 13.6. The molecule has 2 heterocycles.